The van der Waals surface area contributed by atoms with E-state index in [1.165, 1.54) is 0 Å². The number of ether oxygens (including phenoxy) is 1. The Labute approximate surface area is 122 Å². The third-order valence-corrected chi connectivity index (χ3v) is 2.61. The van der Waals surface area contributed by atoms with E-state index in [2.05, 4.69) is 5.32 Å². The number of amides is 2. The van der Waals surface area contributed by atoms with Gasteiger partial charge in [0.15, 0.2) is 0 Å². The van der Waals surface area contributed by atoms with Gasteiger partial charge in [-0.25, -0.2) is 9.59 Å². The van der Waals surface area contributed by atoms with Crippen molar-refractivity contribution in [1.29, 1.82) is 0 Å². The van der Waals surface area contributed by atoms with Crippen LogP contribution in [0, 0.1) is 5.92 Å². The first-order chi connectivity index (χ1) is 9.35. The van der Waals surface area contributed by atoms with E-state index in [9.17, 15) is 22.8 Å². The van der Waals surface area contributed by atoms with Gasteiger partial charge in [-0.1, -0.05) is 20.3 Å². The number of urea groups is 1. The molecule has 2 N–H and O–H groups in total. The first-order valence-electron chi connectivity index (χ1n) is 6.69. The number of hydrogen-bond donors (Lipinski definition) is 2. The monoisotopic (exact) mass is 312 g/mol. The second-order valence-corrected chi connectivity index (χ2v) is 5.84. The van der Waals surface area contributed by atoms with Gasteiger partial charge >= 0.3 is 18.2 Å². The highest BCUT2D eigenvalue weighted by molar-refractivity contribution is 5.84. The lowest BCUT2D eigenvalue weighted by atomic mass is 9.99. The number of esters is 1. The predicted octanol–water partition coefficient (Wildman–Crippen LogP) is 2.60. The molecule has 0 fully saturated rings. The van der Waals surface area contributed by atoms with Gasteiger partial charge in [-0.3, -0.25) is 0 Å². The number of carbonyl (C=O) groups excluding carboxylic acids is 2. The van der Waals surface area contributed by atoms with Crippen LogP contribution in [-0.4, -0.2) is 36.4 Å². The van der Waals surface area contributed by atoms with E-state index < -0.39 is 36.4 Å². The molecule has 2 amide bonds. The average molecular weight is 312 g/mol. The van der Waals surface area contributed by atoms with Gasteiger partial charge in [0.25, 0.3) is 0 Å². The van der Waals surface area contributed by atoms with Gasteiger partial charge in [0, 0.05) is 0 Å². The van der Waals surface area contributed by atoms with Crippen LogP contribution in [0.15, 0.2) is 0 Å². The summed E-state index contributed by atoms with van der Waals surface area (Å²) in [7, 11) is 0. The van der Waals surface area contributed by atoms with Crippen molar-refractivity contribution in [2.75, 3.05) is 6.54 Å². The standard InChI is InChI=1S/C13H23F3N2O3/c1-6-8(2)9(10(19)21-12(3,4)5)18-11(20)17-7-13(14,15)16/h8-9H,6-7H2,1-5H3,(H2,17,18,20)/t8-,9-/m0/s1. The summed E-state index contributed by atoms with van der Waals surface area (Å²) >= 11 is 0. The molecule has 0 spiro atoms. The van der Waals surface area contributed by atoms with Gasteiger partial charge in [-0.05, 0) is 26.7 Å². The molecule has 0 bridgehead atoms. The van der Waals surface area contributed by atoms with Crippen LogP contribution >= 0.6 is 0 Å². The molecule has 0 aromatic heterocycles. The van der Waals surface area contributed by atoms with Gasteiger partial charge < -0.3 is 15.4 Å². The van der Waals surface area contributed by atoms with E-state index in [-0.39, 0.29) is 5.92 Å². The average Bonchev–Trinajstić information content (AvgIpc) is 2.29. The molecule has 0 saturated heterocycles. The maximum Gasteiger partial charge on any atom is 0.405 e. The zero-order valence-electron chi connectivity index (χ0n) is 12.9. The molecule has 0 heterocycles. The lowest BCUT2D eigenvalue weighted by Crippen LogP contribution is -2.52. The summed E-state index contributed by atoms with van der Waals surface area (Å²) in [5.41, 5.74) is -0.743. The molecule has 0 aliphatic carbocycles. The minimum Gasteiger partial charge on any atom is -0.458 e. The van der Waals surface area contributed by atoms with Crippen molar-refractivity contribution in [2.24, 2.45) is 5.92 Å². The molecular formula is C13H23F3N2O3. The first kappa shape index (κ1) is 19.5. The van der Waals surface area contributed by atoms with E-state index in [0.717, 1.165) is 0 Å². The predicted molar refractivity (Wildman–Crippen MR) is 71.7 cm³/mol. The Kier molecular flexibility index (Phi) is 6.99. The lowest BCUT2D eigenvalue weighted by Gasteiger charge is -2.27. The lowest BCUT2D eigenvalue weighted by molar-refractivity contribution is -0.158. The Balaban J connectivity index is 4.71. The second-order valence-electron chi connectivity index (χ2n) is 5.84. The number of nitrogens with one attached hydrogen (secondary N) is 2. The maximum absolute atomic E-state index is 12.0. The summed E-state index contributed by atoms with van der Waals surface area (Å²) in [6, 6.07) is -2.05. The molecule has 0 aliphatic rings. The third kappa shape index (κ3) is 9.14. The molecule has 0 aliphatic heterocycles. The highest BCUT2D eigenvalue weighted by Gasteiger charge is 2.32. The molecule has 2 atom stereocenters. The molecule has 0 saturated carbocycles. The fraction of sp³-hybridized carbons (Fsp3) is 0.846. The summed E-state index contributed by atoms with van der Waals surface area (Å²) < 4.78 is 41.2. The van der Waals surface area contributed by atoms with Crippen molar-refractivity contribution in [3.05, 3.63) is 0 Å². The zero-order valence-corrected chi connectivity index (χ0v) is 12.9. The summed E-state index contributed by atoms with van der Waals surface area (Å²) in [6.45, 7) is 7.06. The number of halogens is 3. The van der Waals surface area contributed by atoms with Gasteiger partial charge in [-0.2, -0.15) is 13.2 Å². The topological polar surface area (TPSA) is 67.4 Å². The number of hydrogen-bond acceptors (Lipinski definition) is 3. The van der Waals surface area contributed by atoms with Crippen molar-refractivity contribution in [1.82, 2.24) is 10.6 Å². The molecule has 124 valence electrons. The molecule has 5 nitrogen and oxygen atoms in total. The molecule has 0 radical (unpaired) electrons. The van der Waals surface area contributed by atoms with E-state index in [0.29, 0.717) is 6.42 Å². The van der Waals surface area contributed by atoms with Crippen molar-refractivity contribution in [3.63, 3.8) is 0 Å². The number of carbonyl (C=O) groups is 2. The van der Waals surface area contributed by atoms with Crippen molar-refractivity contribution < 1.29 is 27.5 Å². The highest BCUT2D eigenvalue weighted by Crippen LogP contribution is 2.15. The van der Waals surface area contributed by atoms with Crippen LogP contribution in [0.3, 0.4) is 0 Å². The Morgan fingerprint density at radius 3 is 2.10 bits per heavy atom. The van der Waals surface area contributed by atoms with Gasteiger partial charge in [0.05, 0.1) is 0 Å². The van der Waals surface area contributed by atoms with Crippen molar-refractivity contribution in [2.45, 2.75) is 58.9 Å². The Hall–Kier alpha value is -1.47. The van der Waals surface area contributed by atoms with Crippen LogP contribution in [0.2, 0.25) is 0 Å². The number of rotatable bonds is 5. The second kappa shape index (κ2) is 7.51. The van der Waals surface area contributed by atoms with E-state index in [1.54, 1.807) is 39.9 Å². The highest BCUT2D eigenvalue weighted by atomic mass is 19.4. The number of alkyl halides is 3. The molecule has 8 heteroatoms. The Bertz CT molecular complexity index is 365. The molecule has 0 rings (SSSR count). The Morgan fingerprint density at radius 2 is 1.71 bits per heavy atom. The van der Waals surface area contributed by atoms with E-state index in [1.807, 2.05) is 0 Å². The summed E-state index contributed by atoms with van der Waals surface area (Å²) in [6.07, 6.45) is -3.95. The zero-order chi connectivity index (χ0) is 16.8. The van der Waals surface area contributed by atoms with Crippen molar-refractivity contribution in [3.8, 4) is 0 Å². The van der Waals surface area contributed by atoms with Crippen LogP contribution in [0.25, 0.3) is 0 Å². The van der Waals surface area contributed by atoms with Crippen molar-refractivity contribution >= 4 is 12.0 Å². The summed E-state index contributed by atoms with van der Waals surface area (Å²) in [4.78, 5) is 23.5. The summed E-state index contributed by atoms with van der Waals surface area (Å²) in [5.74, 6) is -0.935. The Morgan fingerprint density at radius 1 is 1.19 bits per heavy atom. The van der Waals surface area contributed by atoms with Crippen LogP contribution in [-0.2, 0) is 9.53 Å². The smallest absolute Gasteiger partial charge is 0.405 e. The van der Waals surface area contributed by atoms with E-state index in [4.69, 9.17) is 4.74 Å². The minimum absolute atomic E-state index is 0.267. The van der Waals surface area contributed by atoms with Crippen LogP contribution in [0.1, 0.15) is 41.0 Å². The fourth-order valence-corrected chi connectivity index (χ4v) is 1.41. The van der Waals surface area contributed by atoms with Gasteiger partial charge in [0.2, 0.25) is 0 Å². The van der Waals surface area contributed by atoms with Crippen LogP contribution < -0.4 is 10.6 Å². The first-order valence-corrected chi connectivity index (χ1v) is 6.69. The van der Waals surface area contributed by atoms with E-state index >= 15 is 0 Å². The molecular weight excluding hydrogens is 289 g/mol. The minimum atomic E-state index is -4.50. The van der Waals surface area contributed by atoms with Gasteiger partial charge in [-0.15, -0.1) is 0 Å². The molecule has 0 aromatic carbocycles. The normalized spacial score (nSPS) is 15.0. The molecule has 0 unspecified atom stereocenters. The van der Waals surface area contributed by atoms with Crippen LogP contribution in [0.5, 0.6) is 0 Å². The fourth-order valence-electron chi connectivity index (χ4n) is 1.41. The largest absolute Gasteiger partial charge is 0.458 e. The maximum atomic E-state index is 12.0. The quantitative estimate of drug-likeness (QED) is 0.767. The molecule has 21 heavy (non-hydrogen) atoms. The molecule has 0 aromatic rings. The van der Waals surface area contributed by atoms with Gasteiger partial charge in [0.1, 0.15) is 18.2 Å². The SMILES string of the molecule is CC[C@H](C)[C@H](NC(=O)NCC(F)(F)F)C(=O)OC(C)(C)C. The third-order valence-electron chi connectivity index (χ3n) is 2.61. The van der Waals surface area contributed by atoms with Crippen LogP contribution in [0.4, 0.5) is 18.0 Å². The summed E-state index contributed by atoms with van der Waals surface area (Å²) in [5, 5.41) is 3.90.